The number of hydrogen-bond acceptors (Lipinski definition) is 1. The molecule has 104 valence electrons. The fourth-order valence-electron chi connectivity index (χ4n) is 2.56. The zero-order valence-corrected chi connectivity index (χ0v) is 13.3. The number of carbonyl (C=O) groups excluding carboxylic acids is 1. The molecule has 0 atom stereocenters. The van der Waals surface area contributed by atoms with E-state index < -0.39 is 0 Å². The van der Waals surface area contributed by atoms with Crippen LogP contribution in [-0.2, 0) is 6.42 Å². The van der Waals surface area contributed by atoms with Gasteiger partial charge in [-0.05, 0) is 55.7 Å². The average Bonchev–Trinajstić information content (AvgIpc) is 2.32. The number of aryl methyl sites for hydroxylation is 3. The van der Waals surface area contributed by atoms with Crippen molar-refractivity contribution in [2.24, 2.45) is 0 Å². The zero-order valence-electron chi connectivity index (χ0n) is 11.8. The van der Waals surface area contributed by atoms with Gasteiger partial charge in [-0.25, -0.2) is 4.39 Å². The molecule has 1 nitrogen and oxygen atoms in total. The highest BCUT2D eigenvalue weighted by Crippen LogP contribution is 2.23. The lowest BCUT2D eigenvalue weighted by molar-refractivity contribution is 0.0991. The van der Waals surface area contributed by atoms with Gasteiger partial charge in [-0.2, -0.15) is 0 Å². The van der Waals surface area contributed by atoms with Gasteiger partial charge in [0.25, 0.3) is 0 Å². The number of rotatable bonds is 3. The second-order valence-corrected chi connectivity index (χ2v) is 5.96. The number of benzene rings is 2. The van der Waals surface area contributed by atoms with Gasteiger partial charge in [-0.1, -0.05) is 33.6 Å². The Labute approximate surface area is 127 Å². The first-order valence-electron chi connectivity index (χ1n) is 6.43. The first-order chi connectivity index (χ1) is 9.38. The zero-order chi connectivity index (χ0) is 14.9. The Kier molecular flexibility index (Phi) is 4.39. The van der Waals surface area contributed by atoms with E-state index in [1.807, 2.05) is 32.9 Å². The molecule has 0 N–H and O–H groups in total. The fraction of sp³-hybridized carbons (Fsp3) is 0.235. The highest BCUT2D eigenvalue weighted by Gasteiger charge is 2.15. The molecule has 0 aliphatic heterocycles. The van der Waals surface area contributed by atoms with E-state index >= 15 is 0 Å². The second-order valence-electron chi connectivity index (χ2n) is 5.11. The molecule has 0 spiro atoms. The number of ketones is 1. The van der Waals surface area contributed by atoms with Crippen molar-refractivity contribution in [1.82, 2.24) is 0 Å². The summed E-state index contributed by atoms with van der Waals surface area (Å²) in [6.45, 7) is 5.89. The fourth-order valence-corrected chi connectivity index (χ4v) is 2.95. The van der Waals surface area contributed by atoms with E-state index in [4.69, 9.17) is 0 Å². The van der Waals surface area contributed by atoms with Crippen LogP contribution in [0, 0.1) is 26.6 Å². The summed E-state index contributed by atoms with van der Waals surface area (Å²) in [6, 6.07) is 8.41. The molecule has 0 aliphatic rings. The third-order valence-corrected chi connectivity index (χ3v) is 4.09. The van der Waals surface area contributed by atoms with Gasteiger partial charge in [-0.3, -0.25) is 4.79 Å². The Hall–Kier alpha value is -1.48. The van der Waals surface area contributed by atoms with E-state index in [0.717, 1.165) is 26.7 Å². The predicted molar refractivity (Wildman–Crippen MR) is 82.8 cm³/mol. The van der Waals surface area contributed by atoms with Crippen molar-refractivity contribution in [1.29, 1.82) is 0 Å². The minimum atomic E-state index is -0.326. The molecule has 0 bridgehead atoms. The topological polar surface area (TPSA) is 17.1 Å². The summed E-state index contributed by atoms with van der Waals surface area (Å²) in [5.74, 6) is -0.306. The van der Waals surface area contributed by atoms with E-state index in [0.29, 0.717) is 5.56 Å². The van der Waals surface area contributed by atoms with Gasteiger partial charge in [0.05, 0.1) is 0 Å². The maximum absolute atomic E-state index is 13.3. The summed E-state index contributed by atoms with van der Waals surface area (Å²) in [5.41, 5.74) is 4.50. The molecule has 2 aromatic carbocycles. The Balaban J connectivity index is 2.36. The van der Waals surface area contributed by atoms with Crippen LogP contribution in [0.15, 0.2) is 34.8 Å². The van der Waals surface area contributed by atoms with E-state index in [1.165, 1.54) is 12.1 Å². The SMILES string of the molecule is Cc1cc(C)c(C(=O)Cc2cc(F)ccc2Br)c(C)c1. The molecule has 2 aromatic rings. The molecule has 20 heavy (non-hydrogen) atoms. The molecule has 2 rings (SSSR count). The molecule has 0 heterocycles. The smallest absolute Gasteiger partial charge is 0.167 e. The van der Waals surface area contributed by atoms with Gasteiger partial charge in [0, 0.05) is 16.5 Å². The van der Waals surface area contributed by atoms with Crippen LogP contribution in [0.5, 0.6) is 0 Å². The third-order valence-electron chi connectivity index (χ3n) is 3.31. The minimum Gasteiger partial charge on any atom is -0.294 e. The molecule has 0 saturated heterocycles. The van der Waals surface area contributed by atoms with Crippen LogP contribution >= 0.6 is 15.9 Å². The van der Waals surface area contributed by atoms with E-state index in [9.17, 15) is 9.18 Å². The summed E-state index contributed by atoms with van der Waals surface area (Å²) in [5, 5.41) is 0. The normalized spacial score (nSPS) is 10.7. The van der Waals surface area contributed by atoms with E-state index in [1.54, 1.807) is 6.07 Å². The number of hydrogen-bond donors (Lipinski definition) is 0. The molecule has 0 amide bonds. The highest BCUT2D eigenvalue weighted by molar-refractivity contribution is 9.10. The van der Waals surface area contributed by atoms with Crippen molar-refractivity contribution in [3.8, 4) is 0 Å². The lowest BCUT2D eigenvalue weighted by atomic mass is 9.93. The predicted octanol–water partition coefficient (Wildman–Crippen LogP) is 4.94. The number of Topliss-reactive ketones (excluding diaryl/α,β-unsaturated/α-hetero) is 1. The van der Waals surface area contributed by atoms with Gasteiger partial charge in [-0.15, -0.1) is 0 Å². The molecular formula is C17H16BrFO. The summed E-state index contributed by atoms with van der Waals surface area (Å²) in [6.07, 6.45) is 0.198. The Bertz CT molecular complexity index is 654. The maximum atomic E-state index is 13.3. The minimum absolute atomic E-state index is 0.0197. The Morgan fingerprint density at radius 2 is 1.70 bits per heavy atom. The maximum Gasteiger partial charge on any atom is 0.167 e. The van der Waals surface area contributed by atoms with Crippen molar-refractivity contribution in [2.45, 2.75) is 27.2 Å². The second kappa shape index (κ2) is 5.88. The lowest BCUT2D eigenvalue weighted by Crippen LogP contribution is -2.09. The van der Waals surface area contributed by atoms with Crippen molar-refractivity contribution < 1.29 is 9.18 Å². The molecule has 0 unspecified atom stereocenters. The molecule has 0 radical (unpaired) electrons. The summed E-state index contributed by atoms with van der Waals surface area (Å²) >= 11 is 3.36. The van der Waals surface area contributed by atoms with E-state index in [-0.39, 0.29) is 18.0 Å². The molecule has 3 heteroatoms. The summed E-state index contributed by atoms with van der Waals surface area (Å²) < 4.78 is 14.0. The van der Waals surface area contributed by atoms with Crippen LogP contribution in [0.4, 0.5) is 4.39 Å². The molecular weight excluding hydrogens is 319 g/mol. The first kappa shape index (κ1) is 14.9. The quantitative estimate of drug-likeness (QED) is 0.726. The van der Waals surface area contributed by atoms with Crippen LogP contribution in [0.25, 0.3) is 0 Å². The molecule has 0 fully saturated rings. The van der Waals surface area contributed by atoms with Gasteiger partial charge >= 0.3 is 0 Å². The van der Waals surface area contributed by atoms with Crippen LogP contribution < -0.4 is 0 Å². The van der Waals surface area contributed by atoms with Crippen molar-refractivity contribution in [2.75, 3.05) is 0 Å². The van der Waals surface area contributed by atoms with Crippen LogP contribution in [0.3, 0.4) is 0 Å². The molecule has 0 aliphatic carbocycles. The summed E-state index contributed by atoms with van der Waals surface area (Å²) in [4.78, 5) is 12.5. The average molecular weight is 335 g/mol. The number of halogens is 2. The van der Waals surface area contributed by atoms with Crippen LogP contribution in [0.1, 0.15) is 32.6 Å². The van der Waals surface area contributed by atoms with Gasteiger partial charge < -0.3 is 0 Å². The van der Waals surface area contributed by atoms with Crippen molar-refractivity contribution >= 4 is 21.7 Å². The van der Waals surface area contributed by atoms with Crippen LogP contribution in [0.2, 0.25) is 0 Å². The van der Waals surface area contributed by atoms with Crippen LogP contribution in [-0.4, -0.2) is 5.78 Å². The van der Waals surface area contributed by atoms with Gasteiger partial charge in [0.15, 0.2) is 5.78 Å². The number of carbonyl (C=O) groups is 1. The largest absolute Gasteiger partial charge is 0.294 e. The Morgan fingerprint density at radius 1 is 1.10 bits per heavy atom. The van der Waals surface area contributed by atoms with Gasteiger partial charge in [0.1, 0.15) is 5.82 Å². The third kappa shape index (κ3) is 3.15. The Morgan fingerprint density at radius 3 is 2.30 bits per heavy atom. The first-order valence-corrected chi connectivity index (χ1v) is 7.22. The lowest BCUT2D eigenvalue weighted by Gasteiger charge is -2.11. The summed E-state index contributed by atoms with van der Waals surface area (Å²) in [7, 11) is 0. The standard InChI is InChI=1S/C17H16BrFO/c1-10-6-11(2)17(12(3)7-10)16(20)9-13-8-14(19)4-5-15(13)18/h4-8H,9H2,1-3H3. The highest BCUT2D eigenvalue weighted by atomic mass is 79.9. The van der Waals surface area contributed by atoms with Crippen molar-refractivity contribution in [3.63, 3.8) is 0 Å². The van der Waals surface area contributed by atoms with Gasteiger partial charge in [0.2, 0.25) is 0 Å². The van der Waals surface area contributed by atoms with E-state index in [2.05, 4.69) is 15.9 Å². The molecule has 0 saturated carbocycles. The molecule has 0 aromatic heterocycles. The monoisotopic (exact) mass is 334 g/mol. The van der Waals surface area contributed by atoms with Crippen molar-refractivity contribution in [3.05, 3.63) is 68.4 Å².